The third-order valence-electron chi connectivity index (χ3n) is 6.72. The van der Waals surface area contributed by atoms with Crippen LogP contribution in [0.5, 0.6) is 5.75 Å². The molecule has 1 saturated carbocycles. The minimum absolute atomic E-state index is 0.213. The number of nitriles is 1. The van der Waals surface area contributed by atoms with Gasteiger partial charge in [-0.25, -0.2) is 18.7 Å². The highest BCUT2D eigenvalue weighted by atomic mass is 19.1. The van der Waals surface area contributed by atoms with Crippen LogP contribution in [0.4, 0.5) is 14.7 Å². The number of halogens is 2. The lowest BCUT2D eigenvalue weighted by Crippen LogP contribution is -2.26. The van der Waals surface area contributed by atoms with E-state index in [1.54, 1.807) is 24.3 Å². The number of hydrogen-bond donors (Lipinski definition) is 0. The zero-order chi connectivity index (χ0) is 22.9. The maximum absolute atomic E-state index is 14.8. The predicted molar refractivity (Wildman–Crippen MR) is 121 cm³/mol. The summed E-state index contributed by atoms with van der Waals surface area (Å²) in [5, 5.41) is 8.92. The van der Waals surface area contributed by atoms with Gasteiger partial charge in [0.2, 0.25) is 5.95 Å². The molecule has 3 atom stereocenters. The van der Waals surface area contributed by atoms with Crippen LogP contribution in [0.3, 0.4) is 0 Å². The summed E-state index contributed by atoms with van der Waals surface area (Å²) in [4.78, 5) is 11.2. The Bertz CT molecular complexity index is 1150. The molecule has 33 heavy (non-hydrogen) atoms. The van der Waals surface area contributed by atoms with Crippen molar-refractivity contribution in [2.45, 2.75) is 32.3 Å². The summed E-state index contributed by atoms with van der Waals surface area (Å²) >= 11 is 0. The largest absolute Gasteiger partial charge is 0.484 e. The highest BCUT2D eigenvalue weighted by Gasteiger charge is 2.43. The Kier molecular flexibility index (Phi) is 5.67. The van der Waals surface area contributed by atoms with E-state index in [0.29, 0.717) is 28.5 Å². The number of aryl methyl sites for hydroxylation is 1. The van der Waals surface area contributed by atoms with E-state index in [1.165, 1.54) is 12.1 Å². The molecule has 3 aromatic rings. The molecule has 2 heterocycles. The molecule has 2 unspecified atom stereocenters. The molecule has 0 amide bonds. The minimum atomic E-state index is -0.711. The Morgan fingerprint density at radius 2 is 1.61 bits per heavy atom. The summed E-state index contributed by atoms with van der Waals surface area (Å²) in [5.74, 6) is -0.195. The molecule has 7 heteroatoms. The highest BCUT2D eigenvalue weighted by molar-refractivity contribution is 5.65. The van der Waals surface area contributed by atoms with Gasteiger partial charge in [-0.2, -0.15) is 5.26 Å². The molecule has 0 bridgehead atoms. The zero-order valence-electron chi connectivity index (χ0n) is 18.3. The van der Waals surface area contributed by atoms with Crippen LogP contribution in [0.1, 0.15) is 30.9 Å². The standard InChI is InChI=1S/C26H24F2N4O/c1-2-16-12-30-26(31-13-16)32-14-20-7-22(8-21(20)15-32)33-25-23(27)9-19(10-24(25)28)18-5-3-17(11-29)4-6-18/h3-6,9-10,12-13,20-22H,2,7-8,14-15H2,1H3/t20-,21?,22?/m0/s1. The molecule has 2 fully saturated rings. The van der Waals surface area contributed by atoms with Crippen molar-refractivity contribution in [3.05, 3.63) is 71.6 Å². The van der Waals surface area contributed by atoms with E-state index in [2.05, 4.69) is 21.8 Å². The molecule has 0 N–H and O–H groups in total. The third-order valence-corrected chi connectivity index (χ3v) is 6.72. The van der Waals surface area contributed by atoms with Gasteiger partial charge in [-0.1, -0.05) is 19.1 Å². The molecular formula is C26H24F2N4O. The summed E-state index contributed by atoms with van der Waals surface area (Å²) in [7, 11) is 0. The number of rotatable bonds is 5. The van der Waals surface area contributed by atoms with Gasteiger partial charge >= 0.3 is 0 Å². The first-order valence-electron chi connectivity index (χ1n) is 11.3. The quantitative estimate of drug-likeness (QED) is 0.542. The number of hydrogen-bond acceptors (Lipinski definition) is 5. The summed E-state index contributed by atoms with van der Waals surface area (Å²) in [6, 6.07) is 11.2. The Morgan fingerprint density at radius 3 is 2.15 bits per heavy atom. The van der Waals surface area contributed by atoms with Crippen molar-refractivity contribution in [2.24, 2.45) is 11.8 Å². The average molecular weight is 447 g/mol. The van der Waals surface area contributed by atoms with E-state index in [4.69, 9.17) is 10.00 Å². The molecule has 1 aliphatic heterocycles. The average Bonchev–Trinajstić information content (AvgIpc) is 3.40. The van der Waals surface area contributed by atoms with Gasteiger partial charge in [-0.3, -0.25) is 0 Å². The molecular weight excluding hydrogens is 422 g/mol. The fourth-order valence-corrected chi connectivity index (χ4v) is 4.94. The van der Waals surface area contributed by atoms with Crippen LogP contribution in [-0.4, -0.2) is 29.2 Å². The summed E-state index contributed by atoms with van der Waals surface area (Å²) in [5.41, 5.74) is 2.66. The summed E-state index contributed by atoms with van der Waals surface area (Å²) in [6.07, 6.45) is 5.95. The van der Waals surface area contributed by atoms with Gasteiger partial charge in [0.25, 0.3) is 0 Å². The summed E-state index contributed by atoms with van der Waals surface area (Å²) < 4.78 is 35.4. The molecule has 2 aromatic carbocycles. The molecule has 1 saturated heterocycles. The topological polar surface area (TPSA) is 62.0 Å². The van der Waals surface area contributed by atoms with E-state index < -0.39 is 11.6 Å². The Labute approximate surface area is 191 Å². The van der Waals surface area contributed by atoms with Gasteiger partial charge in [0.05, 0.1) is 17.7 Å². The van der Waals surface area contributed by atoms with Gasteiger partial charge < -0.3 is 9.64 Å². The van der Waals surface area contributed by atoms with Crippen LogP contribution in [-0.2, 0) is 6.42 Å². The minimum Gasteiger partial charge on any atom is -0.484 e. The van der Waals surface area contributed by atoms with Gasteiger partial charge in [0.1, 0.15) is 0 Å². The monoisotopic (exact) mass is 446 g/mol. The molecule has 1 aromatic heterocycles. The zero-order valence-corrected chi connectivity index (χ0v) is 18.3. The molecule has 2 aliphatic rings. The number of nitrogens with zero attached hydrogens (tertiary/aromatic N) is 4. The molecule has 5 rings (SSSR count). The van der Waals surface area contributed by atoms with E-state index in [1.807, 2.05) is 18.5 Å². The molecule has 168 valence electrons. The summed E-state index contributed by atoms with van der Waals surface area (Å²) in [6.45, 7) is 3.74. The maximum atomic E-state index is 14.8. The van der Waals surface area contributed by atoms with Crippen molar-refractivity contribution in [2.75, 3.05) is 18.0 Å². The Morgan fingerprint density at radius 1 is 1.00 bits per heavy atom. The van der Waals surface area contributed by atoms with Crippen LogP contribution in [0, 0.1) is 34.8 Å². The second-order valence-electron chi connectivity index (χ2n) is 8.84. The van der Waals surface area contributed by atoms with Crippen LogP contribution < -0.4 is 9.64 Å². The van der Waals surface area contributed by atoms with Crippen molar-refractivity contribution in [3.8, 4) is 22.9 Å². The SMILES string of the molecule is CCc1cnc(N2CC3CC(Oc4c(F)cc(-c5ccc(C#N)cc5)cc4F)C[C@H]3C2)nc1. The van der Waals surface area contributed by atoms with Crippen molar-refractivity contribution in [1.29, 1.82) is 5.26 Å². The second kappa shape index (κ2) is 8.78. The molecule has 0 spiro atoms. The van der Waals surface area contributed by atoms with E-state index in [9.17, 15) is 8.78 Å². The van der Waals surface area contributed by atoms with Crippen LogP contribution >= 0.6 is 0 Å². The van der Waals surface area contributed by atoms with Gasteiger partial charge in [0, 0.05) is 25.5 Å². The lowest BCUT2D eigenvalue weighted by atomic mass is 10.0. The lowest BCUT2D eigenvalue weighted by molar-refractivity contribution is 0.182. The Balaban J connectivity index is 1.24. The predicted octanol–water partition coefficient (Wildman–Crippen LogP) is 5.15. The second-order valence-corrected chi connectivity index (χ2v) is 8.84. The number of ether oxygens (including phenoxy) is 1. The Hall–Kier alpha value is -3.53. The van der Waals surface area contributed by atoms with E-state index in [0.717, 1.165) is 43.9 Å². The third kappa shape index (κ3) is 4.25. The molecule has 5 nitrogen and oxygen atoms in total. The van der Waals surface area contributed by atoms with Crippen LogP contribution in [0.15, 0.2) is 48.8 Å². The lowest BCUT2D eigenvalue weighted by Gasteiger charge is -2.20. The smallest absolute Gasteiger partial charge is 0.225 e. The first-order valence-corrected chi connectivity index (χ1v) is 11.3. The van der Waals surface area contributed by atoms with E-state index >= 15 is 0 Å². The number of aromatic nitrogens is 2. The number of fused-ring (bicyclic) bond motifs is 1. The number of anilines is 1. The van der Waals surface area contributed by atoms with E-state index in [-0.39, 0.29) is 11.9 Å². The highest BCUT2D eigenvalue weighted by Crippen LogP contribution is 2.41. The van der Waals surface area contributed by atoms with Crippen molar-refractivity contribution in [3.63, 3.8) is 0 Å². The normalized spacial score (nSPS) is 21.6. The molecule has 1 aliphatic carbocycles. The number of benzene rings is 2. The molecule has 0 radical (unpaired) electrons. The maximum Gasteiger partial charge on any atom is 0.225 e. The van der Waals surface area contributed by atoms with Gasteiger partial charge in [0.15, 0.2) is 17.4 Å². The van der Waals surface area contributed by atoms with Crippen LogP contribution in [0.25, 0.3) is 11.1 Å². The van der Waals surface area contributed by atoms with Crippen molar-refractivity contribution in [1.82, 2.24) is 9.97 Å². The first-order chi connectivity index (χ1) is 16.0. The fraction of sp³-hybridized carbons (Fsp3) is 0.346. The van der Waals surface area contributed by atoms with Crippen molar-refractivity contribution < 1.29 is 13.5 Å². The first kappa shape index (κ1) is 21.3. The van der Waals surface area contributed by atoms with Gasteiger partial charge in [-0.05, 0) is 72.1 Å². The fourth-order valence-electron chi connectivity index (χ4n) is 4.94. The van der Waals surface area contributed by atoms with Crippen molar-refractivity contribution >= 4 is 5.95 Å². The van der Waals surface area contributed by atoms with Crippen LogP contribution in [0.2, 0.25) is 0 Å². The van der Waals surface area contributed by atoms with Gasteiger partial charge in [-0.15, -0.1) is 0 Å².